The van der Waals surface area contributed by atoms with Crippen molar-refractivity contribution in [2.24, 2.45) is 4.99 Å². The smallest absolute Gasteiger partial charge is 0.193 e. The molecular weight excluding hydrogens is 316 g/mol. The third-order valence-electron chi connectivity index (χ3n) is 5.06. The molecule has 2 fully saturated rings. The molecule has 2 heterocycles. The van der Waals surface area contributed by atoms with Gasteiger partial charge in [-0.15, -0.1) is 0 Å². The predicted octanol–water partition coefficient (Wildman–Crippen LogP) is 1.74. The minimum Gasteiger partial charge on any atom is -0.497 e. The van der Waals surface area contributed by atoms with Crippen LogP contribution >= 0.6 is 0 Å². The molecule has 1 atom stereocenters. The first kappa shape index (κ1) is 18.0. The van der Waals surface area contributed by atoms with Crippen molar-refractivity contribution in [3.63, 3.8) is 0 Å². The van der Waals surface area contributed by atoms with Crippen LogP contribution in [0.15, 0.2) is 29.3 Å². The zero-order chi connectivity index (χ0) is 17.5. The molecule has 1 N–H and O–H groups in total. The molecule has 6 heteroatoms. The Kier molecular flexibility index (Phi) is 6.53. The van der Waals surface area contributed by atoms with E-state index in [1.165, 1.54) is 18.4 Å². The van der Waals surface area contributed by atoms with Gasteiger partial charge in [-0.3, -0.25) is 9.89 Å². The summed E-state index contributed by atoms with van der Waals surface area (Å²) in [6, 6.07) is 8.71. The van der Waals surface area contributed by atoms with Crippen molar-refractivity contribution in [2.75, 3.05) is 60.1 Å². The number of nitrogens with one attached hydrogen (secondary N) is 1. The summed E-state index contributed by atoms with van der Waals surface area (Å²) in [7, 11) is 3.58. The van der Waals surface area contributed by atoms with Gasteiger partial charge in [0.2, 0.25) is 0 Å². The van der Waals surface area contributed by atoms with Crippen LogP contribution in [0, 0.1) is 0 Å². The molecule has 2 aliphatic heterocycles. The topological polar surface area (TPSA) is 49.3 Å². The van der Waals surface area contributed by atoms with Crippen molar-refractivity contribution < 1.29 is 9.47 Å². The molecule has 6 nitrogen and oxygen atoms in total. The molecule has 1 aromatic carbocycles. The van der Waals surface area contributed by atoms with Gasteiger partial charge in [0, 0.05) is 39.8 Å². The zero-order valence-corrected chi connectivity index (χ0v) is 15.4. The number of hydrogen-bond donors (Lipinski definition) is 1. The van der Waals surface area contributed by atoms with Crippen LogP contribution < -0.4 is 10.1 Å². The molecule has 0 radical (unpaired) electrons. The Balaban J connectivity index is 1.70. The summed E-state index contributed by atoms with van der Waals surface area (Å²) in [6.07, 6.45) is 2.51. The highest BCUT2D eigenvalue weighted by atomic mass is 16.5. The molecule has 2 saturated heterocycles. The molecule has 0 saturated carbocycles. The SMILES string of the molecule is CN=C(NCC(c1ccc(OC)cc1)N1CCOCC1)N1CCCC1. The van der Waals surface area contributed by atoms with Gasteiger partial charge in [0.25, 0.3) is 0 Å². The summed E-state index contributed by atoms with van der Waals surface area (Å²) in [5.41, 5.74) is 1.30. The molecule has 0 aliphatic carbocycles. The monoisotopic (exact) mass is 346 g/mol. The number of morpholine rings is 1. The average Bonchev–Trinajstić information content (AvgIpc) is 3.21. The van der Waals surface area contributed by atoms with Gasteiger partial charge in [-0.1, -0.05) is 12.1 Å². The number of methoxy groups -OCH3 is 1. The highest BCUT2D eigenvalue weighted by Crippen LogP contribution is 2.24. The molecule has 0 spiro atoms. The third-order valence-corrected chi connectivity index (χ3v) is 5.06. The van der Waals surface area contributed by atoms with Crippen molar-refractivity contribution in [3.8, 4) is 5.75 Å². The Bertz CT molecular complexity index is 549. The van der Waals surface area contributed by atoms with Crippen LogP contribution in [0.1, 0.15) is 24.4 Å². The first-order valence-electron chi connectivity index (χ1n) is 9.23. The fourth-order valence-corrected chi connectivity index (χ4v) is 3.62. The van der Waals surface area contributed by atoms with E-state index in [2.05, 4.69) is 32.2 Å². The van der Waals surface area contributed by atoms with Crippen molar-refractivity contribution in [1.82, 2.24) is 15.1 Å². The number of aliphatic imine (C=N–C) groups is 1. The fraction of sp³-hybridized carbons (Fsp3) is 0.632. The number of ether oxygens (including phenoxy) is 2. The Morgan fingerprint density at radius 3 is 2.44 bits per heavy atom. The van der Waals surface area contributed by atoms with Crippen LogP contribution in [-0.4, -0.2) is 75.9 Å². The molecule has 3 rings (SSSR count). The number of likely N-dealkylation sites (tertiary alicyclic amines) is 1. The average molecular weight is 346 g/mol. The molecular formula is C19H30N4O2. The lowest BCUT2D eigenvalue weighted by Gasteiger charge is -2.35. The molecule has 0 amide bonds. The Morgan fingerprint density at radius 1 is 1.16 bits per heavy atom. The van der Waals surface area contributed by atoms with Gasteiger partial charge in [0.1, 0.15) is 5.75 Å². The minimum atomic E-state index is 0.300. The highest BCUT2D eigenvalue weighted by Gasteiger charge is 2.24. The van der Waals surface area contributed by atoms with Gasteiger partial charge >= 0.3 is 0 Å². The Morgan fingerprint density at radius 2 is 1.84 bits per heavy atom. The second-order valence-electron chi connectivity index (χ2n) is 6.56. The van der Waals surface area contributed by atoms with Crippen LogP contribution in [0.3, 0.4) is 0 Å². The summed E-state index contributed by atoms with van der Waals surface area (Å²) >= 11 is 0. The predicted molar refractivity (Wildman–Crippen MR) is 100 cm³/mol. The van der Waals surface area contributed by atoms with E-state index < -0.39 is 0 Å². The summed E-state index contributed by atoms with van der Waals surface area (Å²) in [4.78, 5) is 9.32. The second-order valence-corrected chi connectivity index (χ2v) is 6.56. The maximum absolute atomic E-state index is 5.54. The van der Waals surface area contributed by atoms with Crippen LogP contribution in [0.5, 0.6) is 5.75 Å². The van der Waals surface area contributed by atoms with Crippen LogP contribution in [0.4, 0.5) is 0 Å². The van der Waals surface area contributed by atoms with E-state index in [9.17, 15) is 0 Å². The summed E-state index contributed by atoms with van der Waals surface area (Å²) in [5.74, 6) is 1.91. The van der Waals surface area contributed by atoms with Crippen LogP contribution in [0.25, 0.3) is 0 Å². The minimum absolute atomic E-state index is 0.300. The van der Waals surface area contributed by atoms with Crippen LogP contribution in [0.2, 0.25) is 0 Å². The molecule has 25 heavy (non-hydrogen) atoms. The second kappa shape index (κ2) is 9.06. The van der Waals surface area contributed by atoms with E-state index in [1.807, 2.05) is 19.2 Å². The normalized spacial score (nSPS) is 20.6. The van der Waals surface area contributed by atoms with Gasteiger partial charge in [0.05, 0.1) is 26.4 Å². The maximum Gasteiger partial charge on any atom is 0.193 e. The summed E-state index contributed by atoms with van der Waals surface area (Å²) < 4.78 is 10.8. The number of rotatable bonds is 5. The lowest BCUT2D eigenvalue weighted by molar-refractivity contribution is 0.0169. The van der Waals surface area contributed by atoms with Crippen molar-refractivity contribution >= 4 is 5.96 Å². The lowest BCUT2D eigenvalue weighted by atomic mass is 10.0. The molecule has 0 bridgehead atoms. The Labute approximate surface area is 150 Å². The molecule has 1 unspecified atom stereocenters. The summed E-state index contributed by atoms with van der Waals surface area (Å²) in [6.45, 7) is 6.56. The standard InChI is InChI=1S/C19H30N4O2/c1-20-19(23-9-3-4-10-23)21-15-18(22-11-13-25-14-12-22)16-5-7-17(24-2)8-6-16/h5-8,18H,3-4,9-15H2,1-2H3,(H,20,21). The quantitative estimate of drug-likeness (QED) is 0.650. The van der Waals surface area contributed by atoms with E-state index >= 15 is 0 Å². The first-order chi connectivity index (χ1) is 12.3. The number of guanidine groups is 1. The van der Waals surface area contributed by atoms with Gasteiger partial charge in [-0.25, -0.2) is 0 Å². The number of hydrogen-bond acceptors (Lipinski definition) is 4. The maximum atomic E-state index is 5.54. The number of nitrogens with zero attached hydrogens (tertiary/aromatic N) is 3. The third kappa shape index (κ3) is 4.64. The molecule has 1 aromatic rings. The van der Waals surface area contributed by atoms with E-state index in [1.54, 1.807) is 7.11 Å². The fourth-order valence-electron chi connectivity index (χ4n) is 3.62. The zero-order valence-electron chi connectivity index (χ0n) is 15.4. The van der Waals surface area contributed by atoms with E-state index in [0.29, 0.717) is 6.04 Å². The van der Waals surface area contributed by atoms with Crippen molar-refractivity contribution in [2.45, 2.75) is 18.9 Å². The van der Waals surface area contributed by atoms with Gasteiger partial charge in [-0.05, 0) is 30.5 Å². The summed E-state index contributed by atoms with van der Waals surface area (Å²) in [5, 5.41) is 3.60. The van der Waals surface area contributed by atoms with E-state index in [4.69, 9.17) is 9.47 Å². The molecule has 138 valence electrons. The largest absolute Gasteiger partial charge is 0.497 e. The van der Waals surface area contributed by atoms with E-state index in [0.717, 1.165) is 57.6 Å². The van der Waals surface area contributed by atoms with E-state index in [-0.39, 0.29) is 0 Å². The van der Waals surface area contributed by atoms with Gasteiger partial charge < -0.3 is 19.7 Å². The Hall–Kier alpha value is -1.79. The lowest BCUT2D eigenvalue weighted by Crippen LogP contribution is -2.47. The molecule has 2 aliphatic rings. The highest BCUT2D eigenvalue weighted by molar-refractivity contribution is 5.80. The van der Waals surface area contributed by atoms with Gasteiger partial charge in [0.15, 0.2) is 5.96 Å². The van der Waals surface area contributed by atoms with Gasteiger partial charge in [-0.2, -0.15) is 0 Å². The van der Waals surface area contributed by atoms with Crippen molar-refractivity contribution in [1.29, 1.82) is 0 Å². The van der Waals surface area contributed by atoms with Crippen LogP contribution in [-0.2, 0) is 4.74 Å². The first-order valence-corrected chi connectivity index (χ1v) is 9.23. The van der Waals surface area contributed by atoms with Crippen molar-refractivity contribution in [3.05, 3.63) is 29.8 Å². The number of benzene rings is 1. The molecule has 0 aromatic heterocycles.